The van der Waals surface area contributed by atoms with E-state index >= 15 is 0 Å². The van der Waals surface area contributed by atoms with Gasteiger partial charge in [0, 0.05) is 11.9 Å². The Labute approximate surface area is 148 Å². The molecule has 24 heavy (non-hydrogen) atoms. The first-order chi connectivity index (χ1) is 11.6. The molecule has 0 bridgehead atoms. The molecule has 3 N–H and O–H groups in total. The molecule has 0 saturated heterocycles. The number of rotatable bonds is 4. The summed E-state index contributed by atoms with van der Waals surface area (Å²) in [7, 11) is 1.90. The van der Waals surface area contributed by atoms with Crippen molar-refractivity contribution >= 4 is 45.6 Å². The second kappa shape index (κ2) is 7.41. The van der Waals surface area contributed by atoms with E-state index in [1.165, 1.54) is 4.88 Å². The van der Waals surface area contributed by atoms with Crippen molar-refractivity contribution in [3.05, 3.63) is 52.5 Å². The van der Waals surface area contributed by atoms with Crippen LogP contribution in [0.15, 0.2) is 41.8 Å². The number of thiophene rings is 1. The molecule has 1 amide bonds. The third kappa shape index (κ3) is 3.90. The van der Waals surface area contributed by atoms with Gasteiger partial charge in [0.1, 0.15) is 5.82 Å². The van der Waals surface area contributed by atoms with Crippen molar-refractivity contribution in [2.24, 2.45) is 7.05 Å². The van der Waals surface area contributed by atoms with E-state index in [-0.39, 0.29) is 12.3 Å². The number of hydrogen-bond acceptors (Lipinski definition) is 4. The molecule has 0 unspecified atom stereocenters. The molecule has 2 heterocycles. The van der Waals surface area contributed by atoms with Crippen LogP contribution in [0.4, 0.5) is 0 Å². The zero-order valence-corrected chi connectivity index (χ0v) is 14.7. The normalized spacial score (nSPS) is 10.5. The summed E-state index contributed by atoms with van der Waals surface area (Å²) in [5, 5.41) is 5.42. The molecule has 1 aromatic carbocycles. The number of carbonyl (C=O) groups excluding carboxylic acids is 1. The maximum Gasteiger partial charge on any atom is 0.245 e. The maximum absolute atomic E-state index is 12.1. The predicted molar refractivity (Wildman–Crippen MR) is 99.5 cm³/mol. The predicted octanol–water partition coefficient (Wildman–Crippen LogP) is 1.87. The van der Waals surface area contributed by atoms with Crippen molar-refractivity contribution in [2.75, 3.05) is 0 Å². The average molecular weight is 359 g/mol. The summed E-state index contributed by atoms with van der Waals surface area (Å²) in [6.45, 7) is 0.629. The highest BCUT2D eigenvalue weighted by Gasteiger charge is 2.11. The van der Waals surface area contributed by atoms with Crippen LogP contribution in [0.25, 0.3) is 11.0 Å². The first kappa shape index (κ1) is 16.4. The molecule has 0 spiro atoms. The third-order valence-electron chi connectivity index (χ3n) is 3.52. The van der Waals surface area contributed by atoms with Crippen molar-refractivity contribution < 1.29 is 4.79 Å². The molecule has 0 atom stereocenters. The Morgan fingerprint density at radius 1 is 1.25 bits per heavy atom. The Bertz CT molecular complexity index is 857. The Morgan fingerprint density at radius 2 is 2.08 bits per heavy atom. The summed E-state index contributed by atoms with van der Waals surface area (Å²) < 4.78 is 1.92. The van der Waals surface area contributed by atoms with Crippen molar-refractivity contribution in [1.82, 2.24) is 25.7 Å². The number of nitrogens with one attached hydrogen (secondary N) is 3. The van der Waals surface area contributed by atoms with Crippen LogP contribution in [-0.2, 0) is 24.8 Å². The second-order valence-electron chi connectivity index (χ2n) is 5.19. The molecule has 3 rings (SSSR count). The lowest BCUT2D eigenvalue weighted by molar-refractivity contribution is -0.121. The Kier molecular flexibility index (Phi) is 5.07. The number of imidazole rings is 1. The highest BCUT2D eigenvalue weighted by molar-refractivity contribution is 7.80. The van der Waals surface area contributed by atoms with Crippen molar-refractivity contribution in [3.63, 3.8) is 0 Å². The number of hydrogen-bond donors (Lipinski definition) is 3. The molecule has 3 aromatic rings. The minimum absolute atomic E-state index is 0.172. The van der Waals surface area contributed by atoms with E-state index in [1.807, 2.05) is 53.4 Å². The van der Waals surface area contributed by atoms with Crippen LogP contribution in [0.1, 0.15) is 10.7 Å². The summed E-state index contributed by atoms with van der Waals surface area (Å²) in [4.78, 5) is 17.7. The van der Waals surface area contributed by atoms with Crippen LogP contribution in [0.2, 0.25) is 0 Å². The van der Waals surface area contributed by atoms with Crippen LogP contribution in [-0.4, -0.2) is 20.6 Å². The SMILES string of the molecule is Cn1c(CC(=O)NNC(=S)NCc2cccs2)nc2ccccc21. The molecule has 124 valence electrons. The van der Waals surface area contributed by atoms with E-state index in [0.717, 1.165) is 11.0 Å². The molecule has 0 aliphatic heterocycles. The average Bonchev–Trinajstić information content (AvgIpc) is 3.20. The zero-order chi connectivity index (χ0) is 16.9. The second-order valence-corrected chi connectivity index (χ2v) is 6.63. The molecule has 0 fully saturated rings. The Balaban J connectivity index is 1.49. The fourth-order valence-corrected chi connectivity index (χ4v) is 3.06. The number of para-hydroxylation sites is 2. The minimum Gasteiger partial charge on any atom is -0.356 e. The molecule has 0 aliphatic rings. The van der Waals surface area contributed by atoms with E-state index in [2.05, 4.69) is 21.2 Å². The van der Waals surface area contributed by atoms with Crippen LogP contribution >= 0.6 is 23.6 Å². The van der Waals surface area contributed by atoms with Crippen molar-refractivity contribution in [3.8, 4) is 0 Å². The maximum atomic E-state index is 12.1. The van der Waals surface area contributed by atoms with Gasteiger partial charge in [-0.1, -0.05) is 18.2 Å². The third-order valence-corrected chi connectivity index (χ3v) is 4.64. The minimum atomic E-state index is -0.200. The molecule has 0 aliphatic carbocycles. The number of thiocarbonyl (C=S) groups is 1. The number of aryl methyl sites for hydroxylation is 1. The first-order valence-electron chi connectivity index (χ1n) is 7.39. The number of nitrogens with zero attached hydrogens (tertiary/aromatic N) is 2. The van der Waals surface area contributed by atoms with Gasteiger partial charge in [0.2, 0.25) is 5.91 Å². The number of aromatic nitrogens is 2. The van der Waals surface area contributed by atoms with E-state index in [0.29, 0.717) is 17.5 Å². The van der Waals surface area contributed by atoms with E-state index in [9.17, 15) is 4.79 Å². The molecule has 2 aromatic heterocycles. The monoisotopic (exact) mass is 359 g/mol. The van der Waals surface area contributed by atoms with Gasteiger partial charge < -0.3 is 9.88 Å². The van der Waals surface area contributed by atoms with Gasteiger partial charge in [-0.2, -0.15) is 0 Å². The van der Waals surface area contributed by atoms with Crippen LogP contribution in [0, 0.1) is 0 Å². The number of benzene rings is 1. The summed E-state index contributed by atoms with van der Waals surface area (Å²) in [6.07, 6.45) is 0.172. The van der Waals surface area contributed by atoms with Gasteiger partial charge in [0.05, 0.1) is 24.0 Å². The van der Waals surface area contributed by atoms with Crippen LogP contribution in [0.5, 0.6) is 0 Å². The standard InChI is InChI=1S/C16H17N5OS2/c1-21-13-7-3-2-6-12(13)18-14(21)9-15(22)19-20-16(23)17-10-11-5-4-8-24-11/h2-8H,9-10H2,1H3,(H,19,22)(H2,17,20,23). The molecular weight excluding hydrogens is 342 g/mol. The highest BCUT2D eigenvalue weighted by atomic mass is 32.1. The molecule has 6 nitrogen and oxygen atoms in total. The summed E-state index contributed by atoms with van der Waals surface area (Å²) in [5.41, 5.74) is 7.18. The van der Waals surface area contributed by atoms with Gasteiger partial charge in [0.15, 0.2) is 5.11 Å². The summed E-state index contributed by atoms with van der Waals surface area (Å²) in [6, 6.07) is 11.8. The van der Waals surface area contributed by atoms with Crippen LogP contribution < -0.4 is 16.2 Å². The van der Waals surface area contributed by atoms with Gasteiger partial charge in [-0.15, -0.1) is 11.3 Å². The topological polar surface area (TPSA) is 71.0 Å². The lowest BCUT2D eigenvalue weighted by atomic mass is 10.3. The zero-order valence-electron chi connectivity index (χ0n) is 13.1. The lowest BCUT2D eigenvalue weighted by Crippen LogP contribution is -2.47. The quantitative estimate of drug-likeness (QED) is 0.490. The summed E-state index contributed by atoms with van der Waals surface area (Å²) >= 11 is 6.78. The Morgan fingerprint density at radius 3 is 2.83 bits per heavy atom. The lowest BCUT2D eigenvalue weighted by Gasteiger charge is -2.11. The van der Waals surface area contributed by atoms with Crippen molar-refractivity contribution in [2.45, 2.75) is 13.0 Å². The smallest absolute Gasteiger partial charge is 0.245 e. The number of amides is 1. The van der Waals surface area contributed by atoms with Gasteiger partial charge in [-0.05, 0) is 35.8 Å². The van der Waals surface area contributed by atoms with Gasteiger partial charge in [-0.25, -0.2) is 4.98 Å². The molecule has 0 radical (unpaired) electrons. The van der Waals surface area contributed by atoms with Gasteiger partial charge in [0.25, 0.3) is 0 Å². The number of fused-ring (bicyclic) bond motifs is 1. The number of carbonyl (C=O) groups is 1. The van der Waals surface area contributed by atoms with Gasteiger partial charge >= 0.3 is 0 Å². The Hall–Kier alpha value is -2.45. The summed E-state index contributed by atoms with van der Waals surface area (Å²) in [5.74, 6) is 0.502. The molecular formula is C16H17N5OS2. The highest BCUT2D eigenvalue weighted by Crippen LogP contribution is 2.14. The van der Waals surface area contributed by atoms with E-state index in [4.69, 9.17) is 12.2 Å². The number of hydrazine groups is 1. The molecule has 8 heteroatoms. The van der Waals surface area contributed by atoms with Crippen molar-refractivity contribution in [1.29, 1.82) is 0 Å². The van der Waals surface area contributed by atoms with Gasteiger partial charge in [-0.3, -0.25) is 15.6 Å². The molecule has 0 saturated carbocycles. The first-order valence-corrected chi connectivity index (χ1v) is 8.67. The van der Waals surface area contributed by atoms with E-state index < -0.39 is 0 Å². The van der Waals surface area contributed by atoms with Crippen LogP contribution in [0.3, 0.4) is 0 Å². The fourth-order valence-electron chi connectivity index (χ4n) is 2.29. The van der Waals surface area contributed by atoms with E-state index in [1.54, 1.807) is 11.3 Å². The fraction of sp³-hybridized carbons (Fsp3) is 0.188. The largest absolute Gasteiger partial charge is 0.356 e.